The molecule has 0 spiro atoms. The summed E-state index contributed by atoms with van der Waals surface area (Å²) in [6.45, 7) is 4.93. The van der Waals surface area contributed by atoms with Gasteiger partial charge in [-0.3, -0.25) is 0 Å². The molecule has 25 heavy (non-hydrogen) atoms. The summed E-state index contributed by atoms with van der Waals surface area (Å²) in [7, 11) is 3.44. The molecule has 2 atom stereocenters. The first-order valence-electron chi connectivity index (χ1n) is 8.59. The lowest BCUT2D eigenvalue weighted by atomic mass is 10.0. The molecule has 2 aromatic rings. The van der Waals surface area contributed by atoms with Gasteiger partial charge in [0.05, 0.1) is 25.9 Å². The van der Waals surface area contributed by atoms with Gasteiger partial charge < -0.3 is 14.2 Å². The zero-order valence-corrected chi connectivity index (χ0v) is 16.3. The maximum Gasteiger partial charge on any atom is 0.118 e. The molecule has 0 bridgehead atoms. The Morgan fingerprint density at radius 3 is 2.16 bits per heavy atom. The third-order valence-corrected chi connectivity index (χ3v) is 5.19. The van der Waals surface area contributed by atoms with E-state index in [2.05, 4.69) is 38.1 Å². The minimum Gasteiger partial charge on any atom is -0.497 e. The molecule has 2 aromatic carbocycles. The van der Waals surface area contributed by atoms with E-state index >= 15 is 0 Å². The van der Waals surface area contributed by atoms with Gasteiger partial charge in [0.15, 0.2) is 0 Å². The highest BCUT2D eigenvalue weighted by Gasteiger charge is 2.25. The molecule has 136 valence electrons. The van der Waals surface area contributed by atoms with Crippen molar-refractivity contribution >= 4 is 11.8 Å². The molecular formula is C21H28O3S. The van der Waals surface area contributed by atoms with Crippen LogP contribution in [0.15, 0.2) is 59.5 Å². The van der Waals surface area contributed by atoms with Crippen LogP contribution < -0.4 is 4.74 Å². The number of ether oxygens (including phenoxy) is 3. The zero-order chi connectivity index (χ0) is 18.1. The first-order valence-corrected chi connectivity index (χ1v) is 9.57. The lowest BCUT2D eigenvalue weighted by Gasteiger charge is -2.29. The van der Waals surface area contributed by atoms with Crippen molar-refractivity contribution in [1.29, 1.82) is 0 Å². The molecular weight excluding hydrogens is 332 g/mol. The number of methoxy groups -OCH3 is 2. The summed E-state index contributed by atoms with van der Waals surface area (Å²) < 4.78 is 17.2. The molecule has 0 amide bonds. The predicted octanol–water partition coefficient (Wildman–Crippen LogP) is 5.04. The maximum absolute atomic E-state index is 6.23. The van der Waals surface area contributed by atoms with Crippen molar-refractivity contribution in [2.24, 2.45) is 5.92 Å². The van der Waals surface area contributed by atoms with Crippen molar-refractivity contribution in [3.8, 4) is 5.75 Å². The molecule has 0 aliphatic heterocycles. The highest BCUT2D eigenvalue weighted by atomic mass is 32.2. The number of rotatable bonds is 10. The van der Waals surface area contributed by atoms with Crippen LogP contribution in [0.1, 0.15) is 19.4 Å². The van der Waals surface area contributed by atoms with Crippen LogP contribution in [0, 0.1) is 5.92 Å². The summed E-state index contributed by atoms with van der Waals surface area (Å²) in [6, 6.07) is 18.4. The van der Waals surface area contributed by atoms with Gasteiger partial charge in [-0.2, -0.15) is 0 Å². The second kappa shape index (κ2) is 10.5. The average molecular weight is 361 g/mol. The topological polar surface area (TPSA) is 27.7 Å². The Bertz CT molecular complexity index is 598. The summed E-state index contributed by atoms with van der Waals surface area (Å²) in [6.07, 6.45) is 0.0896. The highest BCUT2D eigenvalue weighted by molar-refractivity contribution is 7.99. The van der Waals surface area contributed by atoms with E-state index in [1.54, 1.807) is 26.0 Å². The fraction of sp³-hybridized carbons (Fsp3) is 0.429. The van der Waals surface area contributed by atoms with E-state index in [0.29, 0.717) is 12.5 Å². The van der Waals surface area contributed by atoms with Crippen LogP contribution in [0.2, 0.25) is 0 Å². The lowest BCUT2D eigenvalue weighted by molar-refractivity contribution is -0.0753. The molecule has 2 rings (SSSR count). The van der Waals surface area contributed by atoms with Crippen molar-refractivity contribution in [2.45, 2.75) is 37.6 Å². The van der Waals surface area contributed by atoms with E-state index in [9.17, 15) is 0 Å². The number of thioether (sulfide) groups is 1. The molecule has 0 fully saturated rings. The first kappa shape index (κ1) is 19.8. The van der Waals surface area contributed by atoms with Crippen LogP contribution >= 0.6 is 11.8 Å². The average Bonchev–Trinajstić information content (AvgIpc) is 2.65. The monoisotopic (exact) mass is 360 g/mol. The molecule has 0 aliphatic carbocycles. The van der Waals surface area contributed by atoms with Crippen LogP contribution in [0.25, 0.3) is 0 Å². The highest BCUT2D eigenvalue weighted by Crippen LogP contribution is 2.24. The normalized spacial score (nSPS) is 13.6. The zero-order valence-electron chi connectivity index (χ0n) is 15.5. The minimum atomic E-state index is 0.0447. The molecule has 3 nitrogen and oxygen atoms in total. The van der Waals surface area contributed by atoms with E-state index < -0.39 is 0 Å². The van der Waals surface area contributed by atoms with Crippen molar-refractivity contribution in [3.63, 3.8) is 0 Å². The largest absolute Gasteiger partial charge is 0.497 e. The summed E-state index contributed by atoms with van der Waals surface area (Å²) in [5.41, 5.74) is 1.14. The van der Waals surface area contributed by atoms with Crippen LogP contribution in [0.5, 0.6) is 5.75 Å². The third kappa shape index (κ3) is 6.38. The van der Waals surface area contributed by atoms with E-state index in [1.807, 2.05) is 30.3 Å². The molecule has 0 heterocycles. The third-order valence-electron chi connectivity index (χ3n) is 4.09. The molecule has 4 heteroatoms. The maximum atomic E-state index is 6.23. The van der Waals surface area contributed by atoms with Gasteiger partial charge in [-0.15, -0.1) is 11.8 Å². The Hall–Kier alpha value is -1.49. The van der Waals surface area contributed by atoms with Crippen LogP contribution in [0.4, 0.5) is 0 Å². The SMILES string of the molecule is COc1ccc(CO[C@H](C(C)C)[C@H](CSc2ccccc2)OC)cc1. The van der Waals surface area contributed by atoms with E-state index in [0.717, 1.165) is 17.1 Å². The van der Waals surface area contributed by atoms with E-state index in [4.69, 9.17) is 14.2 Å². The Morgan fingerprint density at radius 1 is 0.920 bits per heavy atom. The smallest absolute Gasteiger partial charge is 0.118 e. The van der Waals surface area contributed by atoms with Gasteiger partial charge in [0.1, 0.15) is 5.75 Å². The van der Waals surface area contributed by atoms with Gasteiger partial charge >= 0.3 is 0 Å². The second-order valence-electron chi connectivity index (χ2n) is 6.27. The van der Waals surface area contributed by atoms with Crippen LogP contribution in [-0.4, -0.2) is 32.2 Å². The lowest BCUT2D eigenvalue weighted by Crippen LogP contribution is -2.37. The number of hydrogen-bond acceptors (Lipinski definition) is 4. The van der Waals surface area contributed by atoms with Crippen LogP contribution in [-0.2, 0) is 16.1 Å². The Labute approximate surface area is 155 Å². The van der Waals surface area contributed by atoms with Crippen molar-refractivity contribution in [3.05, 3.63) is 60.2 Å². The van der Waals surface area contributed by atoms with Gasteiger partial charge in [0.25, 0.3) is 0 Å². The fourth-order valence-electron chi connectivity index (χ4n) is 2.64. The summed E-state index contributed by atoms with van der Waals surface area (Å²) in [5, 5.41) is 0. The molecule has 0 saturated carbocycles. The molecule has 0 unspecified atom stereocenters. The van der Waals surface area contributed by atoms with Gasteiger partial charge in [0.2, 0.25) is 0 Å². The summed E-state index contributed by atoms with van der Waals surface area (Å²) >= 11 is 1.80. The van der Waals surface area contributed by atoms with Gasteiger partial charge in [0, 0.05) is 17.8 Å². The molecule has 0 radical (unpaired) electrons. The van der Waals surface area contributed by atoms with Crippen molar-refractivity contribution in [1.82, 2.24) is 0 Å². The molecule has 0 saturated heterocycles. The number of hydrogen-bond donors (Lipinski definition) is 0. The van der Waals surface area contributed by atoms with E-state index in [-0.39, 0.29) is 12.2 Å². The summed E-state index contributed by atoms with van der Waals surface area (Å²) in [4.78, 5) is 1.25. The fourth-order valence-corrected chi connectivity index (χ4v) is 3.67. The minimum absolute atomic E-state index is 0.0447. The Balaban J connectivity index is 1.94. The van der Waals surface area contributed by atoms with Crippen LogP contribution in [0.3, 0.4) is 0 Å². The second-order valence-corrected chi connectivity index (χ2v) is 7.36. The Kier molecular flexibility index (Phi) is 8.32. The number of benzene rings is 2. The van der Waals surface area contributed by atoms with Crippen molar-refractivity contribution < 1.29 is 14.2 Å². The van der Waals surface area contributed by atoms with E-state index in [1.165, 1.54) is 4.90 Å². The van der Waals surface area contributed by atoms with Gasteiger partial charge in [-0.05, 0) is 35.7 Å². The first-order chi connectivity index (χ1) is 12.1. The standard InChI is InChI=1S/C21H28O3S/c1-16(2)21(24-14-17-10-12-18(22-3)13-11-17)20(23-4)15-25-19-8-6-5-7-9-19/h5-13,16,20-21H,14-15H2,1-4H3/t20-,21+/m0/s1. The molecule has 0 aromatic heterocycles. The predicted molar refractivity (Wildman–Crippen MR) is 104 cm³/mol. The van der Waals surface area contributed by atoms with Crippen molar-refractivity contribution in [2.75, 3.05) is 20.0 Å². The molecule has 0 aliphatic rings. The van der Waals surface area contributed by atoms with Gasteiger partial charge in [-0.1, -0.05) is 44.2 Å². The summed E-state index contributed by atoms with van der Waals surface area (Å²) in [5.74, 6) is 2.10. The molecule has 0 N–H and O–H groups in total. The Morgan fingerprint density at radius 2 is 1.60 bits per heavy atom. The quantitative estimate of drug-likeness (QED) is 0.555. The van der Waals surface area contributed by atoms with Gasteiger partial charge in [-0.25, -0.2) is 0 Å².